The van der Waals surface area contributed by atoms with E-state index in [4.69, 9.17) is 0 Å². The Morgan fingerprint density at radius 1 is 1.65 bits per heavy atom. The molecular weight excluding hydrogens is 208 g/mol. The van der Waals surface area contributed by atoms with E-state index in [2.05, 4.69) is 38.3 Å². The van der Waals surface area contributed by atoms with Crippen LogP contribution in [0.25, 0.3) is 0 Å². The van der Waals surface area contributed by atoms with E-state index in [0.29, 0.717) is 11.8 Å². The summed E-state index contributed by atoms with van der Waals surface area (Å²) in [6.45, 7) is 12.3. The Morgan fingerprint density at radius 2 is 2.29 bits per heavy atom. The minimum atomic E-state index is 0.112. The number of carbonyl (C=O) groups is 1. The second-order valence-corrected chi connectivity index (χ2v) is 5.19. The van der Waals surface area contributed by atoms with E-state index in [9.17, 15) is 4.79 Å². The van der Waals surface area contributed by atoms with E-state index in [0.717, 1.165) is 23.9 Å². The van der Waals surface area contributed by atoms with Crippen molar-refractivity contribution in [2.24, 2.45) is 17.8 Å². The van der Waals surface area contributed by atoms with Crippen LogP contribution in [-0.2, 0) is 4.79 Å². The molecule has 92 valence electrons. The van der Waals surface area contributed by atoms with Crippen molar-refractivity contribution in [3.63, 3.8) is 0 Å². The normalized spacial score (nSPS) is 25.6. The first kappa shape index (κ1) is 13.7. The van der Waals surface area contributed by atoms with Crippen LogP contribution in [0.2, 0.25) is 0 Å². The van der Waals surface area contributed by atoms with Gasteiger partial charge in [0, 0.05) is 11.5 Å². The Hall–Kier alpha value is -1.33. The van der Waals surface area contributed by atoms with Crippen LogP contribution in [0, 0.1) is 17.8 Å². The van der Waals surface area contributed by atoms with Gasteiger partial charge in [0.1, 0.15) is 6.29 Å². The van der Waals surface area contributed by atoms with E-state index < -0.39 is 0 Å². The van der Waals surface area contributed by atoms with Gasteiger partial charge >= 0.3 is 0 Å². The van der Waals surface area contributed by atoms with Crippen molar-refractivity contribution in [1.82, 2.24) is 0 Å². The highest BCUT2D eigenvalue weighted by molar-refractivity contribution is 5.53. The third-order valence-corrected chi connectivity index (χ3v) is 3.33. The molecule has 0 amide bonds. The van der Waals surface area contributed by atoms with Crippen molar-refractivity contribution >= 4 is 6.29 Å². The summed E-state index contributed by atoms with van der Waals surface area (Å²) in [5, 5.41) is 0. The van der Waals surface area contributed by atoms with E-state index in [1.54, 1.807) is 0 Å². The van der Waals surface area contributed by atoms with E-state index in [-0.39, 0.29) is 5.92 Å². The van der Waals surface area contributed by atoms with Gasteiger partial charge in [-0.25, -0.2) is 0 Å². The maximum Gasteiger partial charge on any atom is 0.122 e. The second kappa shape index (κ2) is 5.84. The number of hydrogen-bond acceptors (Lipinski definition) is 1. The fourth-order valence-electron chi connectivity index (χ4n) is 2.28. The third kappa shape index (κ3) is 3.57. The smallest absolute Gasteiger partial charge is 0.122 e. The Balaban J connectivity index is 3.01. The largest absolute Gasteiger partial charge is 0.303 e. The fourth-order valence-corrected chi connectivity index (χ4v) is 2.28. The lowest BCUT2D eigenvalue weighted by molar-refractivity contribution is -0.111. The molecule has 0 aromatic heterocycles. The molecule has 0 bridgehead atoms. The molecule has 0 fully saturated rings. The molecule has 0 aromatic carbocycles. The minimum absolute atomic E-state index is 0.112. The standard InChI is InChI=1S/C16H22O/c1-11(2)16-7-6-15(8-12(3)10-17)13(4)9-14(16)5/h6,9-10,12-13,15H,1,8H2,2-5H3. The van der Waals surface area contributed by atoms with Crippen molar-refractivity contribution in [2.45, 2.75) is 34.1 Å². The molecule has 1 heteroatoms. The lowest BCUT2D eigenvalue weighted by Crippen LogP contribution is -2.11. The van der Waals surface area contributed by atoms with Gasteiger partial charge < -0.3 is 4.79 Å². The average molecular weight is 230 g/mol. The van der Waals surface area contributed by atoms with Crippen LogP contribution >= 0.6 is 0 Å². The quantitative estimate of drug-likeness (QED) is 0.525. The van der Waals surface area contributed by atoms with Crippen LogP contribution in [0.4, 0.5) is 0 Å². The summed E-state index contributed by atoms with van der Waals surface area (Å²) in [6, 6.07) is 0. The molecule has 3 atom stereocenters. The Kier molecular flexibility index (Phi) is 4.72. The highest BCUT2D eigenvalue weighted by Crippen LogP contribution is 2.29. The molecule has 0 heterocycles. The maximum atomic E-state index is 10.7. The van der Waals surface area contributed by atoms with Gasteiger partial charge in [-0.2, -0.15) is 0 Å². The molecule has 0 aliphatic heterocycles. The Labute approximate surface area is 105 Å². The summed E-state index contributed by atoms with van der Waals surface area (Å²) < 4.78 is 0. The molecule has 0 saturated carbocycles. The van der Waals surface area contributed by atoms with Gasteiger partial charge in [-0.3, -0.25) is 0 Å². The highest BCUT2D eigenvalue weighted by atomic mass is 16.1. The summed E-state index contributed by atoms with van der Waals surface area (Å²) in [6.07, 6.45) is 6.31. The molecule has 1 rings (SSSR count). The van der Waals surface area contributed by atoms with Crippen molar-refractivity contribution < 1.29 is 4.79 Å². The summed E-state index contributed by atoms with van der Waals surface area (Å²) in [5.41, 5.74) is 6.74. The van der Waals surface area contributed by atoms with E-state index in [1.165, 1.54) is 5.57 Å². The molecule has 0 N–H and O–H groups in total. The summed E-state index contributed by atoms with van der Waals surface area (Å²) in [7, 11) is 0. The van der Waals surface area contributed by atoms with E-state index >= 15 is 0 Å². The third-order valence-electron chi connectivity index (χ3n) is 3.33. The van der Waals surface area contributed by atoms with Crippen molar-refractivity contribution in [3.8, 4) is 0 Å². The number of carbonyl (C=O) groups excluding carboxylic acids is 1. The zero-order valence-electron chi connectivity index (χ0n) is 11.3. The lowest BCUT2D eigenvalue weighted by Gasteiger charge is -2.18. The molecule has 0 spiro atoms. The van der Waals surface area contributed by atoms with Crippen LogP contribution in [0.5, 0.6) is 0 Å². The molecule has 1 aliphatic carbocycles. The molecule has 1 nitrogen and oxygen atoms in total. The lowest BCUT2D eigenvalue weighted by atomic mass is 9.86. The van der Waals surface area contributed by atoms with Crippen molar-refractivity contribution in [1.29, 1.82) is 0 Å². The number of allylic oxidation sites excluding steroid dienone is 4. The SMILES string of the molecule is C=C(C)C1=C=CC(CC(C)C=O)C(C)C=C1C. The van der Waals surface area contributed by atoms with Gasteiger partial charge in [0.15, 0.2) is 0 Å². The van der Waals surface area contributed by atoms with Gasteiger partial charge in [-0.1, -0.05) is 26.5 Å². The van der Waals surface area contributed by atoms with Crippen LogP contribution in [0.3, 0.4) is 0 Å². The van der Waals surface area contributed by atoms with Gasteiger partial charge in [0.25, 0.3) is 0 Å². The molecule has 3 unspecified atom stereocenters. The number of hydrogen-bond donors (Lipinski definition) is 0. The average Bonchev–Trinajstić information content (AvgIpc) is 2.38. The van der Waals surface area contributed by atoms with Crippen LogP contribution in [-0.4, -0.2) is 6.29 Å². The van der Waals surface area contributed by atoms with Crippen LogP contribution in [0.1, 0.15) is 34.1 Å². The second-order valence-electron chi connectivity index (χ2n) is 5.19. The first-order valence-electron chi connectivity index (χ1n) is 6.22. The molecule has 1 aliphatic rings. The van der Waals surface area contributed by atoms with Gasteiger partial charge in [0.2, 0.25) is 0 Å². The minimum Gasteiger partial charge on any atom is -0.303 e. The van der Waals surface area contributed by atoms with Crippen molar-refractivity contribution in [2.75, 3.05) is 0 Å². The first-order valence-corrected chi connectivity index (χ1v) is 6.22. The van der Waals surface area contributed by atoms with Gasteiger partial charge in [0.05, 0.1) is 0 Å². The van der Waals surface area contributed by atoms with Crippen molar-refractivity contribution in [3.05, 3.63) is 41.2 Å². The molecule has 0 aromatic rings. The van der Waals surface area contributed by atoms with Gasteiger partial charge in [-0.05, 0) is 49.3 Å². The monoisotopic (exact) mass is 230 g/mol. The highest BCUT2D eigenvalue weighted by Gasteiger charge is 2.18. The zero-order valence-corrected chi connectivity index (χ0v) is 11.3. The maximum absolute atomic E-state index is 10.7. The predicted octanol–water partition coefficient (Wildman–Crippen LogP) is 4.08. The Morgan fingerprint density at radius 3 is 2.82 bits per heavy atom. The summed E-state index contributed by atoms with van der Waals surface area (Å²) in [4.78, 5) is 10.7. The molecule has 0 saturated heterocycles. The van der Waals surface area contributed by atoms with Crippen LogP contribution in [0.15, 0.2) is 41.2 Å². The number of aldehydes is 1. The summed E-state index contributed by atoms with van der Waals surface area (Å²) in [5.74, 6) is 0.948. The molecule has 17 heavy (non-hydrogen) atoms. The topological polar surface area (TPSA) is 17.1 Å². The summed E-state index contributed by atoms with van der Waals surface area (Å²) >= 11 is 0. The first-order chi connectivity index (χ1) is 7.95. The molecule has 0 radical (unpaired) electrons. The van der Waals surface area contributed by atoms with Crippen LogP contribution < -0.4 is 0 Å². The van der Waals surface area contributed by atoms with Gasteiger partial charge in [-0.15, -0.1) is 5.73 Å². The van der Waals surface area contributed by atoms with E-state index in [1.807, 2.05) is 13.8 Å². The predicted molar refractivity (Wildman–Crippen MR) is 72.7 cm³/mol. The Bertz CT molecular complexity index is 405. The number of rotatable bonds is 4. The zero-order chi connectivity index (χ0) is 13.0. The molecular formula is C16H22O. The fraction of sp³-hybridized carbons (Fsp3) is 0.500.